The van der Waals surface area contributed by atoms with Gasteiger partial charge in [-0.05, 0) is 13.3 Å². The van der Waals surface area contributed by atoms with E-state index in [0.717, 1.165) is 6.42 Å². The molecule has 1 atom stereocenters. The van der Waals surface area contributed by atoms with Crippen molar-refractivity contribution in [2.75, 3.05) is 13.2 Å². The molecule has 1 nitrogen and oxygen atoms in total. The molecule has 0 rings (SSSR count). The summed E-state index contributed by atoms with van der Waals surface area (Å²) in [6.07, 6.45) is -2.66. The zero-order valence-electron chi connectivity index (χ0n) is 8.46. The van der Waals surface area contributed by atoms with Gasteiger partial charge in [-0.1, -0.05) is 19.8 Å². The van der Waals surface area contributed by atoms with E-state index in [4.69, 9.17) is 0 Å². The maximum absolute atomic E-state index is 13.4. The van der Waals surface area contributed by atoms with Crippen LogP contribution in [0.4, 0.5) is 17.6 Å². The first kappa shape index (κ1) is 13.7. The Morgan fingerprint density at radius 1 is 1.07 bits per heavy atom. The Balaban J connectivity index is 3.65. The molecule has 14 heavy (non-hydrogen) atoms. The van der Waals surface area contributed by atoms with Gasteiger partial charge in [0.2, 0.25) is 0 Å². The minimum Gasteiger partial charge on any atom is -0.369 e. The molecule has 0 saturated heterocycles. The number of halogens is 4. The van der Waals surface area contributed by atoms with Crippen LogP contribution in [0.25, 0.3) is 0 Å². The minimum atomic E-state index is -4.37. The molecule has 0 spiro atoms. The topological polar surface area (TPSA) is 9.23 Å². The number of hydrogen-bond donors (Lipinski definition) is 0. The van der Waals surface area contributed by atoms with Crippen LogP contribution in [0, 0.1) is 0 Å². The third kappa shape index (κ3) is 8.29. The van der Waals surface area contributed by atoms with Gasteiger partial charge in [-0.2, -0.15) is 13.2 Å². The molecule has 1 unspecified atom stereocenters. The maximum Gasteiger partial charge on any atom is 0.411 e. The summed E-state index contributed by atoms with van der Waals surface area (Å²) in [6.45, 7) is 1.29. The van der Waals surface area contributed by atoms with Gasteiger partial charge in [0, 0.05) is 0 Å². The Morgan fingerprint density at radius 3 is 2.07 bits per heavy atom. The Hall–Kier alpha value is -0.320. The fraction of sp³-hybridized carbons (Fsp3) is 1.00. The second-order valence-corrected chi connectivity index (χ2v) is 3.62. The van der Waals surface area contributed by atoms with Crippen LogP contribution in [-0.2, 0) is 4.74 Å². The molecule has 0 aliphatic heterocycles. The van der Waals surface area contributed by atoms with Crippen molar-refractivity contribution in [2.24, 2.45) is 0 Å². The monoisotopic (exact) mass is 216 g/mol. The van der Waals surface area contributed by atoms with Crippen LogP contribution in [0.15, 0.2) is 0 Å². The lowest BCUT2D eigenvalue weighted by Gasteiger charge is -2.20. The Labute approximate surface area is 81.4 Å². The molecule has 0 fully saturated rings. The lowest BCUT2D eigenvalue weighted by Crippen LogP contribution is -2.28. The Bertz CT molecular complexity index is 153. The summed E-state index contributed by atoms with van der Waals surface area (Å²) < 4.78 is 52.5. The molecule has 0 radical (unpaired) electrons. The summed E-state index contributed by atoms with van der Waals surface area (Å²) in [7, 11) is 0. The maximum atomic E-state index is 13.4. The van der Waals surface area contributed by atoms with Gasteiger partial charge in [0.1, 0.15) is 12.3 Å². The standard InChI is InChI=1S/C9H16F4O/c1-3-4-5-8(2,10)6-14-7-9(11,12)13/h3-7H2,1-2H3. The lowest BCUT2D eigenvalue weighted by molar-refractivity contribution is -0.181. The summed E-state index contributed by atoms with van der Waals surface area (Å²) >= 11 is 0. The first-order valence-electron chi connectivity index (χ1n) is 4.60. The van der Waals surface area contributed by atoms with Gasteiger partial charge in [0.25, 0.3) is 0 Å². The van der Waals surface area contributed by atoms with Crippen LogP contribution in [-0.4, -0.2) is 25.1 Å². The molecule has 0 aliphatic carbocycles. The van der Waals surface area contributed by atoms with Crippen molar-refractivity contribution in [1.29, 1.82) is 0 Å². The number of hydrogen-bond acceptors (Lipinski definition) is 1. The largest absolute Gasteiger partial charge is 0.411 e. The third-order valence-electron chi connectivity index (χ3n) is 1.72. The van der Waals surface area contributed by atoms with Crippen molar-refractivity contribution in [2.45, 2.75) is 45.0 Å². The highest BCUT2D eigenvalue weighted by Gasteiger charge is 2.30. The van der Waals surface area contributed by atoms with E-state index in [9.17, 15) is 17.6 Å². The first-order valence-corrected chi connectivity index (χ1v) is 4.60. The molecule has 86 valence electrons. The van der Waals surface area contributed by atoms with Crippen LogP contribution in [0.5, 0.6) is 0 Å². The SMILES string of the molecule is CCCCC(C)(F)COCC(F)(F)F. The van der Waals surface area contributed by atoms with E-state index in [1.54, 1.807) is 0 Å². The minimum absolute atomic E-state index is 0.237. The van der Waals surface area contributed by atoms with Crippen LogP contribution >= 0.6 is 0 Å². The summed E-state index contributed by atoms with van der Waals surface area (Å²) in [5.74, 6) is 0. The van der Waals surface area contributed by atoms with Gasteiger partial charge < -0.3 is 4.74 Å². The average Bonchev–Trinajstić information content (AvgIpc) is 1.98. The van der Waals surface area contributed by atoms with E-state index in [1.165, 1.54) is 6.92 Å². The Morgan fingerprint density at radius 2 is 1.64 bits per heavy atom. The average molecular weight is 216 g/mol. The van der Waals surface area contributed by atoms with Crippen LogP contribution in [0.1, 0.15) is 33.1 Å². The molecule has 0 heterocycles. The third-order valence-corrected chi connectivity index (χ3v) is 1.72. The first-order chi connectivity index (χ1) is 6.27. The molecule has 0 aliphatic rings. The second-order valence-electron chi connectivity index (χ2n) is 3.62. The Kier molecular flexibility index (Phi) is 5.41. The zero-order chi connectivity index (χ0) is 11.2. The van der Waals surface area contributed by atoms with Crippen molar-refractivity contribution >= 4 is 0 Å². The number of unbranched alkanes of at least 4 members (excludes halogenated alkanes) is 1. The van der Waals surface area contributed by atoms with Gasteiger partial charge in [0.15, 0.2) is 0 Å². The number of alkyl halides is 4. The predicted octanol–water partition coefficient (Wildman–Crippen LogP) is 3.48. The quantitative estimate of drug-likeness (QED) is 0.617. The highest BCUT2D eigenvalue weighted by Crippen LogP contribution is 2.21. The number of rotatable bonds is 6. The van der Waals surface area contributed by atoms with Crippen molar-refractivity contribution in [1.82, 2.24) is 0 Å². The molecule has 0 aromatic carbocycles. The highest BCUT2D eigenvalue weighted by molar-refractivity contribution is 4.72. The summed E-state index contributed by atoms with van der Waals surface area (Å²) in [5.41, 5.74) is -1.65. The predicted molar refractivity (Wildman–Crippen MR) is 45.9 cm³/mol. The zero-order valence-corrected chi connectivity index (χ0v) is 8.46. The normalized spacial score (nSPS) is 16.7. The van der Waals surface area contributed by atoms with E-state index < -0.39 is 25.1 Å². The van der Waals surface area contributed by atoms with Gasteiger partial charge in [-0.15, -0.1) is 0 Å². The van der Waals surface area contributed by atoms with Crippen molar-refractivity contribution < 1.29 is 22.3 Å². The molecule has 0 bridgehead atoms. The van der Waals surface area contributed by atoms with E-state index in [-0.39, 0.29) is 6.42 Å². The van der Waals surface area contributed by atoms with E-state index in [2.05, 4.69) is 4.74 Å². The molecule has 0 aromatic rings. The molecule has 0 N–H and O–H groups in total. The second kappa shape index (κ2) is 5.53. The highest BCUT2D eigenvalue weighted by atomic mass is 19.4. The summed E-state index contributed by atoms with van der Waals surface area (Å²) in [6, 6.07) is 0. The van der Waals surface area contributed by atoms with Crippen LogP contribution in [0.3, 0.4) is 0 Å². The summed E-state index contributed by atoms with van der Waals surface area (Å²) in [4.78, 5) is 0. The lowest BCUT2D eigenvalue weighted by atomic mass is 10.0. The van der Waals surface area contributed by atoms with Crippen molar-refractivity contribution in [3.8, 4) is 0 Å². The van der Waals surface area contributed by atoms with Crippen molar-refractivity contribution in [3.05, 3.63) is 0 Å². The molecular formula is C9H16F4O. The fourth-order valence-electron chi connectivity index (χ4n) is 0.997. The summed E-state index contributed by atoms with van der Waals surface area (Å²) in [5, 5.41) is 0. The van der Waals surface area contributed by atoms with Gasteiger partial charge in [-0.3, -0.25) is 0 Å². The van der Waals surface area contributed by atoms with Crippen LogP contribution < -0.4 is 0 Å². The van der Waals surface area contributed by atoms with Crippen LogP contribution in [0.2, 0.25) is 0 Å². The fourth-order valence-corrected chi connectivity index (χ4v) is 0.997. The van der Waals surface area contributed by atoms with E-state index in [1.807, 2.05) is 6.92 Å². The molecular weight excluding hydrogens is 200 g/mol. The van der Waals surface area contributed by atoms with Gasteiger partial charge in [0.05, 0.1) is 6.61 Å². The smallest absolute Gasteiger partial charge is 0.369 e. The number of ether oxygens (including phenoxy) is 1. The molecule has 5 heteroatoms. The molecule has 0 aromatic heterocycles. The van der Waals surface area contributed by atoms with Gasteiger partial charge >= 0.3 is 6.18 Å². The van der Waals surface area contributed by atoms with Crippen molar-refractivity contribution in [3.63, 3.8) is 0 Å². The molecule has 0 saturated carbocycles. The molecule has 0 amide bonds. The van der Waals surface area contributed by atoms with Gasteiger partial charge in [-0.25, -0.2) is 4.39 Å². The van der Waals surface area contributed by atoms with E-state index in [0.29, 0.717) is 6.42 Å². The van der Waals surface area contributed by atoms with E-state index >= 15 is 0 Å².